The third-order valence-electron chi connectivity index (χ3n) is 3.96. The van der Waals surface area contributed by atoms with Crippen LogP contribution in [0.5, 0.6) is 5.75 Å². The number of benzene rings is 1. The van der Waals surface area contributed by atoms with Gasteiger partial charge in [-0.05, 0) is 35.4 Å². The number of phenols is 1. The lowest BCUT2D eigenvalue weighted by Crippen LogP contribution is -2.40. The standard InChI is InChI=1S/C19H24O6/c1-18(11-20,12-21)13-25-19(24)9-15(8-17(23)10-19)3-2-14-4-6-16(22)7-5-14/h2-9,20-24H,10-13H2,1H3. The molecule has 1 aromatic rings. The van der Waals surface area contributed by atoms with Gasteiger partial charge in [-0.3, -0.25) is 0 Å². The summed E-state index contributed by atoms with van der Waals surface area (Å²) in [6.07, 6.45) is 6.35. The van der Waals surface area contributed by atoms with Gasteiger partial charge >= 0.3 is 0 Å². The van der Waals surface area contributed by atoms with Gasteiger partial charge in [-0.1, -0.05) is 31.2 Å². The zero-order valence-electron chi connectivity index (χ0n) is 14.1. The molecule has 0 bridgehead atoms. The SMILES string of the molecule is CC(CO)(CO)COC1(O)C=C(C=Cc2ccc(O)cc2)C=C(O)C1. The molecule has 0 aliphatic heterocycles. The number of phenolic OH excluding ortho intramolecular Hbond substituents is 1. The van der Waals surface area contributed by atoms with Gasteiger partial charge in [0.15, 0.2) is 5.79 Å². The first-order valence-electron chi connectivity index (χ1n) is 7.95. The van der Waals surface area contributed by atoms with Gasteiger partial charge in [-0.2, -0.15) is 0 Å². The zero-order chi connectivity index (χ0) is 18.5. The molecule has 25 heavy (non-hydrogen) atoms. The number of aliphatic hydroxyl groups excluding tert-OH is 3. The summed E-state index contributed by atoms with van der Waals surface area (Å²) in [6, 6.07) is 6.59. The van der Waals surface area contributed by atoms with E-state index in [9.17, 15) is 25.5 Å². The molecule has 6 heteroatoms. The number of rotatable bonds is 7. The van der Waals surface area contributed by atoms with Gasteiger partial charge in [0.1, 0.15) is 5.75 Å². The van der Waals surface area contributed by atoms with Crippen LogP contribution >= 0.6 is 0 Å². The highest BCUT2D eigenvalue weighted by Gasteiger charge is 2.34. The summed E-state index contributed by atoms with van der Waals surface area (Å²) in [6.45, 7) is 0.969. The Labute approximate surface area is 146 Å². The maximum absolute atomic E-state index is 10.6. The van der Waals surface area contributed by atoms with Crippen LogP contribution in [0.4, 0.5) is 0 Å². The van der Waals surface area contributed by atoms with Crippen LogP contribution in [-0.4, -0.2) is 51.1 Å². The minimum atomic E-state index is -1.72. The molecule has 5 N–H and O–H groups in total. The molecule has 0 fully saturated rings. The molecule has 1 atom stereocenters. The minimum Gasteiger partial charge on any atom is -0.512 e. The molecule has 0 amide bonds. The first-order valence-corrected chi connectivity index (χ1v) is 7.95. The van der Waals surface area contributed by atoms with Gasteiger partial charge in [-0.25, -0.2) is 0 Å². The number of allylic oxidation sites excluding steroid dienone is 3. The van der Waals surface area contributed by atoms with E-state index in [1.165, 1.54) is 12.2 Å². The average Bonchev–Trinajstić information content (AvgIpc) is 2.59. The van der Waals surface area contributed by atoms with Gasteiger partial charge in [0.2, 0.25) is 0 Å². The van der Waals surface area contributed by atoms with Crippen molar-refractivity contribution in [1.29, 1.82) is 0 Å². The van der Waals surface area contributed by atoms with E-state index in [0.29, 0.717) is 5.57 Å². The van der Waals surface area contributed by atoms with Crippen molar-refractivity contribution in [2.75, 3.05) is 19.8 Å². The second-order valence-electron chi connectivity index (χ2n) is 6.64. The highest BCUT2D eigenvalue weighted by molar-refractivity contribution is 5.56. The van der Waals surface area contributed by atoms with Crippen LogP contribution in [0.2, 0.25) is 0 Å². The van der Waals surface area contributed by atoms with E-state index in [1.807, 2.05) is 0 Å². The molecule has 0 saturated heterocycles. The monoisotopic (exact) mass is 348 g/mol. The summed E-state index contributed by atoms with van der Waals surface area (Å²) in [4.78, 5) is 0. The molecule has 0 radical (unpaired) electrons. The molecule has 1 unspecified atom stereocenters. The Kier molecular flexibility index (Phi) is 6.02. The van der Waals surface area contributed by atoms with Crippen molar-refractivity contribution in [2.45, 2.75) is 19.1 Å². The van der Waals surface area contributed by atoms with Gasteiger partial charge in [-0.15, -0.1) is 0 Å². The fraction of sp³-hybridized carbons (Fsp3) is 0.368. The summed E-state index contributed by atoms with van der Waals surface area (Å²) >= 11 is 0. The van der Waals surface area contributed by atoms with Gasteiger partial charge in [0, 0.05) is 5.41 Å². The molecule has 0 heterocycles. The van der Waals surface area contributed by atoms with Crippen LogP contribution in [0.25, 0.3) is 6.08 Å². The molecule has 0 aromatic heterocycles. The second-order valence-corrected chi connectivity index (χ2v) is 6.64. The lowest BCUT2D eigenvalue weighted by atomic mass is 9.93. The lowest BCUT2D eigenvalue weighted by Gasteiger charge is -2.33. The zero-order valence-corrected chi connectivity index (χ0v) is 14.1. The smallest absolute Gasteiger partial charge is 0.193 e. The quantitative estimate of drug-likeness (QED) is 0.481. The first-order chi connectivity index (χ1) is 11.8. The Bertz CT molecular complexity index is 670. The highest BCUT2D eigenvalue weighted by atomic mass is 16.6. The molecule has 1 aliphatic carbocycles. The van der Waals surface area contributed by atoms with E-state index >= 15 is 0 Å². The van der Waals surface area contributed by atoms with Crippen LogP contribution in [0, 0.1) is 5.41 Å². The number of hydrogen-bond donors (Lipinski definition) is 5. The molecule has 0 saturated carbocycles. The van der Waals surface area contributed by atoms with Crippen LogP contribution in [0.3, 0.4) is 0 Å². The van der Waals surface area contributed by atoms with Crippen LogP contribution in [-0.2, 0) is 4.74 Å². The predicted octanol–water partition coefficient (Wildman–Crippen LogP) is 1.87. The Morgan fingerprint density at radius 1 is 1.12 bits per heavy atom. The Hall–Kier alpha value is -2.12. The highest BCUT2D eigenvalue weighted by Crippen LogP contribution is 2.29. The fourth-order valence-corrected chi connectivity index (χ4v) is 2.26. The molecular weight excluding hydrogens is 324 g/mol. The van der Waals surface area contributed by atoms with Crippen molar-refractivity contribution in [3.63, 3.8) is 0 Å². The molecule has 1 aromatic carbocycles. The number of aromatic hydroxyl groups is 1. The summed E-state index contributed by atoms with van der Waals surface area (Å²) in [7, 11) is 0. The maximum Gasteiger partial charge on any atom is 0.193 e. The second kappa shape index (κ2) is 7.84. The number of ether oxygens (including phenoxy) is 1. The van der Waals surface area contributed by atoms with Crippen molar-refractivity contribution in [3.05, 3.63) is 59.4 Å². The summed E-state index contributed by atoms with van der Waals surface area (Å²) < 4.78 is 5.48. The van der Waals surface area contributed by atoms with E-state index < -0.39 is 11.2 Å². The average molecular weight is 348 g/mol. The van der Waals surface area contributed by atoms with E-state index in [2.05, 4.69) is 0 Å². The van der Waals surface area contributed by atoms with Crippen molar-refractivity contribution in [3.8, 4) is 5.75 Å². The van der Waals surface area contributed by atoms with Crippen molar-refractivity contribution < 1.29 is 30.3 Å². The summed E-state index contributed by atoms with van der Waals surface area (Å²) in [5.41, 5.74) is 0.506. The number of hydrogen-bond acceptors (Lipinski definition) is 6. The molecule has 1 aliphatic rings. The topological polar surface area (TPSA) is 110 Å². The Morgan fingerprint density at radius 2 is 1.76 bits per heavy atom. The van der Waals surface area contributed by atoms with E-state index in [0.717, 1.165) is 5.56 Å². The van der Waals surface area contributed by atoms with Gasteiger partial charge in [0.05, 0.1) is 32.0 Å². The van der Waals surface area contributed by atoms with E-state index in [-0.39, 0.29) is 37.8 Å². The third kappa shape index (κ3) is 5.44. The van der Waals surface area contributed by atoms with Gasteiger partial charge in [0.25, 0.3) is 0 Å². The largest absolute Gasteiger partial charge is 0.512 e. The van der Waals surface area contributed by atoms with Crippen molar-refractivity contribution >= 4 is 6.08 Å². The number of aliphatic hydroxyl groups is 4. The third-order valence-corrected chi connectivity index (χ3v) is 3.96. The molecule has 136 valence electrons. The summed E-state index contributed by atoms with van der Waals surface area (Å²) in [5, 5.41) is 48.4. The molecule has 2 rings (SSSR count). The van der Waals surface area contributed by atoms with E-state index in [4.69, 9.17) is 4.74 Å². The minimum absolute atomic E-state index is 0.0370. The van der Waals surface area contributed by atoms with Crippen LogP contribution in [0.1, 0.15) is 18.9 Å². The summed E-state index contributed by atoms with van der Waals surface area (Å²) in [5.74, 6) is -1.59. The fourth-order valence-electron chi connectivity index (χ4n) is 2.26. The Balaban J connectivity index is 2.13. The van der Waals surface area contributed by atoms with Crippen LogP contribution in [0.15, 0.2) is 53.8 Å². The first kappa shape index (κ1) is 19.2. The van der Waals surface area contributed by atoms with Crippen LogP contribution < -0.4 is 0 Å². The van der Waals surface area contributed by atoms with Crippen molar-refractivity contribution in [2.24, 2.45) is 5.41 Å². The molecule has 0 spiro atoms. The Morgan fingerprint density at radius 3 is 2.36 bits per heavy atom. The normalized spacial score (nSPS) is 21.3. The lowest BCUT2D eigenvalue weighted by molar-refractivity contribution is -0.194. The molecular formula is C19H24O6. The van der Waals surface area contributed by atoms with Crippen molar-refractivity contribution in [1.82, 2.24) is 0 Å². The molecule has 6 nitrogen and oxygen atoms in total. The maximum atomic E-state index is 10.6. The predicted molar refractivity (Wildman–Crippen MR) is 93.7 cm³/mol. The van der Waals surface area contributed by atoms with E-state index in [1.54, 1.807) is 43.3 Å². The van der Waals surface area contributed by atoms with Gasteiger partial charge < -0.3 is 30.3 Å².